The predicted molar refractivity (Wildman–Crippen MR) is 115 cm³/mol. The third kappa shape index (κ3) is 5.28. The Morgan fingerprint density at radius 3 is 2.32 bits per heavy atom. The van der Waals surface area contributed by atoms with Gasteiger partial charge < -0.3 is 18.9 Å². The number of carbonyl (C=O) groups is 2. The van der Waals surface area contributed by atoms with Gasteiger partial charge in [-0.05, 0) is 42.8 Å². The maximum atomic E-state index is 12.8. The Hall–Kier alpha value is -3.68. The van der Waals surface area contributed by atoms with E-state index in [0.29, 0.717) is 48.1 Å². The average Bonchev–Trinajstić information content (AvgIpc) is 3.31. The smallest absolute Gasteiger partial charge is 0.279 e. The summed E-state index contributed by atoms with van der Waals surface area (Å²) in [6, 6.07) is 12.4. The van der Waals surface area contributed by atoms with Crippen molar-refractivity contribution in [3.8, 4) is 23.0 Å². The summed E-state index contributed by atoms with van der Waals surface area (Å²) in [4.78, 5) is 25.5. The molecule has 1 heterocycles. The Balaban J connectivity index is 1.66. The second-order valence-electron chi connectivity index (χ2n) is 6.71. The monoisotopic (exact) mass is 426 g/mol. The Kier molecular flexibility index (Phi) is 7.37. The number of hydrogen-bond acceptors (Lipinski definition) is 6. The third-order valence-electron chi connectivity index (χ3n) is 4.84. The minimum absolute atomic E-state index is 0.197. The van der Waals surface area contributed by atoms with Crippen LogP contribution in [0.4, 0.5) is 0 Å². The second-order valence-corrected chi connectivity index (χ2v) is 6.71. The van der Waals surface area contributed by atoms with E-state index in [-0.39, 0.29) is 18.4 Å². The molecule has 8 nitrogen and oxygen atoms in total. The summed E-state index contributed by atoms with van der Waals surface area (Å²) in [6.07, 6.45) is 3.77. The fourth-order valence-electron chi connectivity index (χ4n) is 3.27. The van der Waals surface area contributed by atoms with Gasteiger partial charge in [-0.2, -0.15) is 0 Å². The molecular formula is C23H26N2O6. The molecule has 0 bridgehead atoms. The van der Waals surface area contributed by atoms with Crippen LogP contribution in [0.1, 0.15) is 12.0 Å². The molecule has 1 fully saturated rings. The second kappa shape index (κ2) is 10.4. The molecule has 0 aliphatic carbocycles. The van der Waals surface area contributed by atoms with E-state index in [9.17, 15) is 9.59 Å². The Labute approximate surface area is 181 Å². The van der Waals surface area contributed by atoms with Crippen molar-refractivity contribution in [3.63, 3.8) is 0 Å². The van der Waals surface area contributed by atoms with E-state index in [1.165, 1.54) is 23.2 Å². The molecular weight excluding hydrogens is 400 g/mol. The summed E-state index contributed by atoms with van der Waals surface area (Å²) in [5.74, 6) is 1.68. The van der Waals surface area contributed by atoms with Crippen molar-refractivity contribution in [2.24, 2.45) is 0 Å². The first-order valence-electron chi connectivity index (χ1n) is 9.85. The fourth-order valence-corrected chi connectivity index (χ4v) is 3.27. The van der Waals surface area contributed by atoms with Crippen LogP contribution in [0.3, 0.4) is 0 Å². The standard InChI is InChI=1S/C23H26N2O6/c1-28-18-10-11-19(29-2)17(15-18)9-12-22(26)24-13-6-14-25(24)23(27)16-31-21-8-5-4-7-20(21)30-3/h4-5,7-12,15H,6,13-14,16H2,1-3H3. The molecule has 0 N–H and O–H groups in total. The number of para-hydroxylation sites is 2. The summed E-state index contributed by atoms with van der Waals surface area (Å²) >= 11 is 0. The summed E-state index contributed by atoms with van der Waals surface area (Å²) in [6.45, 7) is 0.715. The topological polar surface area (TPSA) is 77.5 Å². The highest BCUT2D eigenvalue weighted by Gasteiger charge is 2.29. The third-order valence-corrected chi connectivity index (χ3v) is 4.84. The molecule has 0 unspecified atom stereocenters. The molecule has 8 heteroatoms. The summed E-state index contributed by atoms with van der Waals surface area (Å²) < 4.78 is 21.4. The molecule has 31 heavy (non-hydrogen) atoms. The highest BCUT2D eigenvalue weighted by atomic mass is 16.5. The van der Waals surface area contributed by atoms with Gasteiger partial charge in [0, 0.05) is 24.7 Å². The number of hydrogen-bond donors (Lipinski definition) is 0. The average molecular weight is 426 g/mol. The van der Waals surface area contributed by atoms with Gasteiger partial charge >= 0.3 is 0 Å². The Morgan fingerprint density at radius 2 is 1.61 bits per heavy atom. The molecule has 2 aromatic rings. The van der Waals surface area contributed by atoms with Gasteiger partial charge in [0.1, 0.15) is 11.5 Å². The van der Waals surface area contributed by atoms with Crippen molar-refractivity contribution < 1.29 is 28.5 Å². The van der Waals surface area contributed by atoms with Gasteiger partial charge in [0.15, 0.2) is 18.1 Å². The van der Waals surface area contributed by atoms with E-state index in [1.807, 2.05) is 6.07 Å². The van der Waals surface area contributed by atoms with Gasteiger partial charge in [0.05, 0.1) is 21.3 Å². The number of hydrazine groups is 1. The first-order chi connectivity index (χ1) is 15.1. The van der Waals surface area contributed by atoms with Crippen LogP contribution < -0.4 is 18.9 Å². The lowest BCUT2D eigenvalue weighted by atomic mass is 10.1. The van der Waals surface area contributed by atoms with E-state index in [4.69, 9.17) is 18.9 Å². The molecule has 0 aromatic heterocycles. The van der Waals surface area contributed by atoms with Gasteiger partial charge in [0.2, 0.25) is 0 Å². The molecule has 1 saturated heterocycles. The molecule has 0 spiro atoms. The molecule has 0 saturated carbocycles. The largest absolute Gasteiger partial charge is 0.497 e. The van der Waals surface area contributed by atoms with Crippen LogP contribution in [-0.2, 0) is 9.59 Å². The molecule has 1 aliphatic heterocycles. The van der Waals surface area contributed by atoms with Crippen molar-refractivity contribution in [2.45, 2.75) is 6.42 Å². The number of benzene rings is 2. The molecule has 2 aromatic carbocycles. The van der Waals surface area contributed by atoms with Crippen LogP contribution in [0.5, 0.6) is 23.0 Å². The number of ether oxygens (including phenoxy) is 4. The van der Waals surface area contributed by atoms with Gasteiger partial charge in [0.25, 0.3) is 11.8 Å². The van der Waals surface area contributed by atoms with Gasteiger partial charge in [-0.3, -0.25) is 9.59 Å². The van der Waals surface area contributed by atoms with E-state index < -0.39 is 0 Å². The first kappa shape index (κ1) is 22.0. The van der Waals surface area contributed by atoms with Crippen LogP contribution in [0, 0.1) is 0 Å². The highest BCUT2D eigenvalue weighted by molar-refractivity contribution is 5.94. The summed E-state index contributed by atoms with van der Waals surface area (Å²) in [5.41, 5.74) is 0.701. The van der Waals surface area contributed by atoms with Crippen molar-refractivity contribution in [1.29, 1.82) is 0 Å². The molecule has 164 valence electrons. The Bertz CT molecular complexity index is 959. The van der Waals surface area contributed by atoms with Crippen molar-refractivity contribution >= 4 is 17.9 Å². The van der Waals surface area contributed by atoms with E-state index >= 15 is 0 Å². The maximum absolute atomic E-state index is 12.8. The number of carbonyl (C=O) groups excluding carboxylic acids is 2. The maximum Gasteiger partial charge on any atom is 0.279 e. The number of rotatable bonds is 8. The number of amides is 2. The SMILES string of the molecule is COc1ccc(OC)c(C=CC(=O)N2CCCN2C(=O)COc2ccccc2OC)c1. The first-order valence-corrected chi connectivity index (χ1v) is 9.85. The summed E-state index contributed by atoms with van der Waals surface area (Å²) in [5, 5.41) is 2.85. The van der Waals surface area contributed by atoms with Gasteiger partial charge in [-0.15, -0.1) is 0 Å². The lowest BCUT2D eigenvalue weighted by molar-refractivity contribution is -0.156. The quantitative estimate of drug-likeness (QED) is 0.604. The summed E-state index contributed by atoms with van der Waals surface area (Å²) in [7, 11) is 4.67. The zero-order chi connectivity index (χ0) is 22.2. The molecule has 2 amide bonds. The molecule has 0 radical (unpaired) electrons. The zero-order valence-corrected chi connectivity index (χ0v) is 17.9. The van der Waals surface area contributed by atoms with E-state index in [1.54, 1.807) is 56.7 Å². The molecule has 0 atom stereocenters. The van der Waals surface area contributed by atoms with Gasteiger partial charge in [-0.25, -0.2) is 10.0 Å². The van der Waals surface area contributed by atoms with E-state index in [0.717, 1.165) is 0 Å². The van der Waals surface area contributed by atoms with Crippen LogP contribution in [0.25, 0.3) is 6.08 Å². The van der Waals surface area contributed by atoms with Crippen molar-refractivity contribution in [3.05, 3.63) is 54.1 Å². The minimum Gasteiger partial charge on any atom is -0.497 e. The molecule has 1 aliphatic rings. The van der Waals surface area contributed by atoms with Gasteiger partial charge in [-0.1, -0.05) is 12.1 Å². The lowest BCUT2D eigenvalue weighted by Gasteiger charge is -2.27. The van der Waals surface area contributed by atoms with E-state index in [2.05, 4.69) is 0 Å². The normalized spacial score (nSPS) is 13.4. The van der Waals surface area contributed by atoms with Crippen LogP contribution in [0.2, 0.25) is 0 Å². The fraction of sp³-hybridized carbons (Fsp3) is 0.304. The predicted octanol–water partition coefficient (Wildman–Crippen LogP) is 2.78. The van der Waals surface area contributed by atoms with Crippen LogP contribution in [0.15, 0.2) is 48.5 Å². The highest BCUT2D eigenvalue weighted by Crippen LogP contribution is 2.27. The molecule has 3 rings (SSSR count). The van der Waals surface area contributed by atoms with Crippen LogP contribution >= 0.6 is 0 Å². The van der Waals surface area contributed by atoms with Crippen LogP contribution in [-0.4, -0.2) is 62.9 Å². The lowest BCUT2D eigenvalue weighted by Crippen LogP contribution is -2.46. The van der Waals surface area contributed by atoms with Crippen molar-refractivity contribution in [1.82, 2.24) is 10.0 Å². The number of nitrogens with zero attached hydrogens (tertiary/aromatic N) is 2. The minimum atomic E-state index is -0.302. The van der Waals surface area contributed by atoms with Crippen molar-refractivity contribution in [2.75, 3.05) is 41.0 Å². The zero-order valence-electron chi connectivity index (χ0n) is 17.9. The number of methoxy groups -OCH3 is 3. The Morgan fingerprint density at radius 1 is 0.903 bits per heavy atom.